The zero-order valence-corrected chi connectivity index (χ0v) is 11.9. The van der Waals surface area contributed by atoms with Gasteiger partial charge >= 0.3 is 0 Å². The van der Waals surface area contributed by atoms with E-state index in [-0.39, 0.29) is 33.4 Å². The molecule has 0 atom stereocenters. The first-order chi connectivity index (χ1) is 10.0. The van der Waals surface area contributed by atoms with Crippen LogP contribution in [0.4, 0.5) is 13.2 Å². The minimum absolute atomic E-state index is 0.0330. The molecule has 0 aliphatic carbocycles. The van der Waals surface area contributed by atoms with Crippen LogP contribution in [-0.4, -0.2) is 9.55 Å². The maximum absolute atomic E-state index is 14.2. The standard InChI is InChI=1S/C14H7Cl2F3N2/c15-6-12-20-14-9(18)4-7(17)5-11(14)21(12)10-3-1-2-8(16)13(10)19/h1-5H,6H2. The van der Waals surface area contributed by atoms with E-state index in [9.17, 15) is 13.2 Å². The molecule has 2 aromatic carbocycles. The van der Waals surface area contributed by atoms with Gasteiger partial charge in [0.15, 0.2) is 11.6 Å². The first-order valence-electron chi connectivity index (χ1n) is 5.89. The van der Waals surface area contributed by atoms with E-state index in [4.69, 9.17) is 23.2 Å². The van der Waals surface area contributed by atoms with Crippen LogP contribution in [0.15, 0.2) is 30.3 Å². The summed E-state index contributed by atoms with van der Waals surface area (Å²) in [4.78, 5) is 4.00. The SMILES string of the molecule is Fc1cc(F)c2nc(CCl)n(-c3cccc(Cl)c3F)c2c1. The molecular weight excluding hydrogens is 324 g/mol. The van der Waals surface area contributed by atoms with Crippen LogP contribution in [0.5, 0.6) is 0 Å². The Bertz CT molecular complexity index is 846. The largest absolute Gasteiger partial charge is 0.292 e. The van der Waals surface area contributed by atoms with Crippen molar-refractivity contribution in [3.63, 3.8) is 0 Å². The van der Waals surface area contributed by atoms with Gasteiger partial charge in [-0.25, -0.2) is 18.2 Å². The van der Waals surface area contributed by atoms with Gasteiger partial charge in [-0.05, 0) is 12.1 Å². The predicted octanol–water partition coefficient (Wildman–Crippen LogP) is 4.84. The van der Waals surface area contributed by atoms with Gasteiger partial charge in [0.2, 0.25) is 0 Å². The monoisotopic (exact) mass is 330 g/mol. The molecule has 0 aliphatic rings. The molecule has 108 valence electrons. The molecule has 0 saturated heterocycles. The van der Waals surface area contributed by atoms with Gasteiger partial charge in [-0.1, -0.05) is 17.7 Å². The van der Waals surface area contributed by atoms with Crippen molar-refractivity contribution < 1.29 is 13.2 Å². The second-order valence-electron chi connectivity index (χ2n) is 4.33. The Morgan fingerprint density at radius 1 is 1.14 bits per heavy atom. The van der Waals surface area contributed by atoms with Crippen LogP contribution in [0.2, 0.25) is 5.02 Å². The smallest absolute Gasteiger partial charge is 0.165 e. The Morgan fingerprint density at radius 2 is 1.90 bits per heavy atom. The zero-order chi connectivity index (χ0) is 15.1. The van der Waals surface area contributed by atoms with Gasteiger partial charge in [-0.15, -0.1) is 11.6 Å². The van der Waals surface area contributed by atoms with Gasteiger partial charge in [0.25, 0.3) is 0 Å². The number of nitrogens with zero attached hydrogens (tertiary/aromatic N) is 2. The van der Waals surface area contributed by atoms with Crippen molar-refractivity contribution >= 4 is 34.2 Å². The summed E-state index contributed by atoms with van der Waals surface area (Å²) < 4.78 is 42.7. The number of aromatic nitrogens is 2. The van der Waals surface area contributed by atoms with E-state index in [1.54, 1.807) is 0 Å². The first kappa shape index (κ1) is 14.2. The third kappa shape index (κ3) is 2.26. The van der Waals surface area contributed by atoms with Crippen LogP contribution in [0.1, 0.15) is 5.82 Å². The highest BCUT2D eigenvalue weighted by Gasteiger charge is 2.19. The van der Waals surface area contributed by atoms with Crippen molar-refractivity contribution in [1.82, 2.24) is 9.55 Å². The average Bonchev–Trinajstić information content (AvgIpc) is 2.80. The molecule has 0 fully saturated rings. The highest BCUT2D eigenvalue weighted by molar-refractivity contribution is 6.30. The van der Waals surface area contributed by atoms with Crippen LogP contribution in [0.25, 0.3) is 16.7 Å². The fourth-order valence-corrected chi connectivity index (χ4v) is 2.52. The van der Waals surface area contributed by atoms with Crippen molar-refractivity contribution in [2.24, 2.45) is 0 Å². The fourth-order valence-electron chi connectivity index (χ4n) is 2.18. The highest BCUT2D eigenvalue weighted by atomic mass is 35.5. The highest BCUT2D eigenvalue weighted by Crippen LogP contribution is 2.29. The normalized spacial score (nSPS) is 11.3. The van der Waals surface area contributed by atoms with Crippen molar-refractivity contribution in [3.8, 4) is 5.69 Å². The van der Waals surface area contributed by atoms with Gasteiger partial charge < -0.3 is 0 Å². The van der Waals surface area contributed by atoms with Crippen molar-refractivity contribution in [3.05, 3.63) is 58.6 Å². The van der Waals surface area contributed by atoms with Gasteiger partial charge in [0.05, 0.1) is 22.1 Å². The predicted molar refractivity (Wildman–Crippen MR) is 75.5 cm³/mol. The summed E-state index contributed by atoms with van der Waals surface area (Å²) in [5.74, 6) is -2.24. The summed E-state index contributed by atoms with van der Waals surface area (Å²) in [6.07, 6.45) is 0. The lowest BCUT2D eigenvalue weighted by Crippen LogP contribution is -2.02. The van der Waals surface area contributed by atoms with Crippen LogP contribution in [0.3, 0.4) is 0 Å². The van der Waals surface area contributed by atoms with Gasteiger partial charge in [-0.3, -0.25) is 4.57 Å². The molecule has 21 heavy (non-hydrogen) atoms. The molecule has 0 aliphatic heterocycles. The summed E-state index contributed by atoms with van der Waals surface area (Å²) in [5, 5.41) is -0.105. The minimum atomic E-state index is -0.836. The number of fused-ring (bicyclic) bond motifs is 1. The van der Waals surface area contributed by atoms with Crippen molar-refractivity contribution in [2.45, 2.75) is 5.88 Å². The Morgan fingerprint density at radius 3 is 2.62 bits per heavy atom. The molecule has 0 bridgehead atoms. The zero-order valence-electron chi connectivity index (χ0n) is 10.4. The summed E-state index contributed by atoms with van der Waals surface area (Å²) >= 11 is 11.5. The molecular formula is C14H7Cl2F3N2. The molecule has 1 heterocycles. The number of halogens is 5. The van der Waals surface area contributed by atoms with Crippen LogP contribution >= 0.6 is 23.2 Å². The maximum Gasteiger partial charge on any atom is 0.165 e. The fraction of sp³-hybridized carbons (Fsp3) is 0.0714. The molecule has 0 amide bonds. The quantitative estimate of drug-likeness (QED) is 0.615. The van der Waals surface area contributed by atoms with E-state index in [1.807, 2.05) is 0 Å². The van der Waals surface area contributed by atoms with Crippen LogP contribution < -0.4 is 0 Å². The van der Waals surface area contributed by atoms with Gasteiger partial charge in [0.1, 0.15) is 17.2 Å². The number of alkyl halides is 1. The lowest BCUT2D eigenvalue weighted by atomic mass is 10.2. The van der Waals surface area contributed by atoms with Gasteiger partial charge in [-0.2, -0.15) is 0 Å². The second-order valence-corrected chi connectivity index (χ2v) is 5.00. The molecule has 7 heteroatoms. The number of rotatable bonds is 2. The Balaban J connectivity index is 2.43. The Labute approximate surface area is 127 Å². The topological polar surface area (TPSA) is 17.8 Å². The molecule has 0 N–H and O–H groups in total. The van der Waals surface area contributed by atoms with E-state index in [0.29, 0.717) is 6.07 Å². The maximum atomic E-state index is 14.2. The van der Waals surface area contributed by atoms with Gasteiger partial charge in [0, 0.05) is 12.1 Å². The lowest BCUT2D eigenvalue weighted by molar-refractivity contribution is 0.590. The van der Waals surface area contributed by atoms with E-state index in [1.165, 1.54) is 22.8 Å². The summed E-state index contributed by atoms with van der Waals surface area (Å²) in [5.41, 5.74) is 0.0430. The number of benzene rings is 2. The number of hydrogen-bond donors (Lipinski definition) is 0. The van der Waals surface area contributed by atoms with Crippen molar-refractivity contribution in [2.75, 3.05) is 0 Å². The van der Waals surface area contributed by atoms with E-state index in [2.05, 4.69) is 4.98 Å². The molecule has 0 radical (unpaired) electrons. The summed E-state index contributed by atoms with van der Waals surface area (Å²) in [6.45, 7) is 0. The Kier molecular flexibility index (Phi) is 3.55. The molecule has 0 spiro atoms. The molecule has 2 nitrogen and oxygen atoms in total. The average molecular weight is 331 g/mol. The second kappa shape index (κ2) is 5.24. The molecule has 0 saturated carbocycles. The first-order valence-corrected chi connectivity index (χ1v) is 6.81. The lowest BCUT2D eigenvalue weighted by Gasteiger charge is -2.09. The molecule has 1 aromatic heterocycles. The summed E-state index contributed by atoms with van der Waals surface area (Å²) in [7, 11) is 0. The minimum Gasteiger partial charge on any atom is -0.292 e. The van der Waals surface area contributed by atoms with Crippen LogP contribution in [-0.2, 0) is 5.88 Å². The Hall–Kier alpha value is -1.72. The summed E-state index contributed by atoms with van der Waals surface area (Å²) in [6, 6.07) is 6.12. The van der Waals surface area contributed by atoms with E-state index in [0.717, 1.165) is 6.07 Å². The van der Waals surface area contributed by atoms with Crippen LogP contribution in [0, 0.1) is 17.5 Å². The number of imidazole rings is 1. The molecule has 3 aromatic rings. The third-order valence-corrected chi connectivity index (χ3v) is 3.57. The molecule has 0 unspecified atom stereocenters. The third-order valence-electron chi connectivity index (χ3n) is 3.04. The van der Waals surface area contributed by atoms with E-state index >= 15 is 0 Å². The molecule has 3 rings (SSSR count). The van der Waals surface area contributed by atoms with Crippen molar-refractivity contribution in [1.29, 1.82) is 0 Å². The number of hydrogen-bond acceptors (Lipinski definition) is 1. The van der Waals surface area contributed by atoms with E-state index < -0.39 is 17.5 Å².